The van der Waals surface area contributed by atoms with E-state index in [0.717, 1.165) is 25.0 Å². The summed E-state index contributed by atoms with van der Waals surface area (Å²) in [6.07, 6.45) is 2.97. The van der Waals surface area contributed by atoms with E-state index in [1.807, 2.05) is 6.92 Å². The van der Waals surface area contributed by atoms with Crippen LogP contribution in [0.3, 0.4) is 0 Å². The van der Waals surface area contributed by atoms with E-state index in [9.17, 15) is 9.59 Å². The van der Waals surface area contributed by atoms with Gasteiger partial charge in [0.1, 0.15) is 0 Å². The highest BCUT2D eigenvalue weighted by atomic mass is 16.5. The Balaban J connectivity index is 2.24. The maximum atomic E-state index is 11.5. The minimum atomic E-state index is -0.150. The molecule has 1 rings (SSSR count). The van der Waals surface area contributed by atoms with Gasteiger partial charge in [-0.1, -0.05) is 6.42 Å². The number of hydrogen-bond acceptors (Lipinski definition) is 4. The van der Waals surface area contributed by atoms with Crippen molar-refractivity contribution in [1.29, 1.82) is 0 Å². The molecule has 0 aromatic carbocycles. The van der Waals surface area contributed by atoms with Gasteiger partial charge in [-0.3, -0.25) is 9.59 Å². The second-order valence-corrected chi connectivity index (χ2v) is 4.15. The highest BCUT2D eigenvalue weighted by Crippen LogP contribution is 2.02. The third kappa shape index (κ3) is 5.12. The van der Waals surface area contributed by atoms with Crippen LogP contribution < -0.4 is 5.56 Å². The van der Waals surface area contributed by atoms with Crippen LogP contribution in [0.2, 0.25) is 0 Å². The summed E-state index contributed by atoms with van der Waals surface area (Å²) in [6, 6.07) is 3.24. The molecule has 1 aromatic heterocycles. The average Bonchev–Trinajstić information content (AvgIpc) is 2.33. The highest BCUT2D eigenvalue weighted by molar-refractivity contribution is 5.69. The normalized spacial score (nSPS) is 10.3. The third-order valence-corrected chi connectivity index (χ3v) is 2.56. The number of carbonyl (C=O) groups is 1. The first kappa shape index (κ1) is 14.4. The van der Waals surface area contributed by atoms with E-state index < -0.39 is 0 Å². The molecule has 5 nitrogen and oxygen atoms in total. The molecule has 0 spiro atoms. The lowest BCUT2D eigenvalue weighted by atomic mass is 10.2. The summed E-state index contributed by atoms with van der Waals surface area (Å²) in [5.74, 6) is -0.150. The molecule has 0 radical (unpaired) electrons. The monoisotopic (exact) mass is 252 g/mol. The minimum absolute atomic E-state index is 0.0778. The lowest BCUT2D eigenvalue weighted by Crippen LogP contribution is -2.22. The molecular weight excluding hydrogens is 232 g/mol. The Morgan fingerprint density at radius 2 is 2.11 bits per heavy atom. The van der Waals surface area contributed by atoms with Crippen molar-refractivity contribution in [1.82, 2.24) is 9.78 Å². The number of aromatic nitrogens is 2. The van der Waals surface area contributed by atoms with Gasteiger partial charge in [-0.2, -0.15) is 5.10 Å². The Labute approximate surface area is 107 Å². The molecule has 1 aromatic rings. The van der Waals surface area contributed by atoms with Crippen LogP contribution in [-0.4, -0.2) is 22.4 Å². The van der Waals surface area contributed by atoms with Crippen LogP contribution in [-0.2, 0) is 16.1 Å². The zero-order chi connectivity index (χ0) is 13.4. The summed E-state index contributed by atoms with van der Waals surface area (Å²) >= 11 is 0. The molecule has 0 N–H and O–H groups in total. The van der Waals surface area contributed by atoms with Gasteiger partial charge in [0.15, 0.2) is 0 Å². The van der Waals surface area contributed by atoms with E-state index >= 15 is 0 Å². The van der Waals surface area contributed by atoms with Crippen molar-refractivity contribution in [2.75, 3.05) is 6.61 Å². The number of unbranched alkanes of at least 4 members (excludes halogenated alkanes) is 2. The van der Waals surface area contributed by atoms with Gasteiger partial charge in [0.05, 0.1) is 12.3 Å². The van der Waals surface area contributed by atoms with Crippen molar-refractivity contribution in [2.45, 2.75) is 46.1 Å². The summed E-state index contributed by atoms with van der Waals surface area (Å²) in [6.45, 7) is 4.69. The van der Waals surface area contributed by atoms with Crippen molar-refractivity contribution in [3.63, 3.8) is 0 Å². The van der Waals surface area contributed by atoms with E-state index in [-0.39, 0.29) is 11.5 Å². The van der Waals surface area contributed by atoms with Gasteiger partial charge in [0.2, 0.25) is 0 Å². The van der Waals surface area contributed by atoms with Crippen LogP contribution >= 0.6 is 0 Å². The third-order valence-electron chi connectivity index (χ3n) is 2.56. The van der Waals surface area contributed by atoms with Crippen LogP contribution in [0, 0.1) is 6.92 Å². The fraction of sp³-hybridized carbons (Fsp3) is 0.615. The molecule has 0 aliphatic heterocycles. The zero-order valence-corrected chi connectivity index (χ0v) is 11.0. The number of nitrogens with zero attached hydrogens (tertiary/aromatic N) is 2. The number of carbonyl (C=O) groups excluding carboxylic acids is 1. The van der Waals surface area contributed by atoms with Gasteiger partial charge in [0, 0.05) is 19.0 Å². The van der Waals surface area contributed by atoms with Gasteiger partial charge in [-0.15, -0.1) is 0 Å². The van der Waals surface area contributed by atoms with Crippen molar-refractivity contribution in [2.24, 2.45) is 0 Å². The lowest BCUT2D eigenvalue weighted by molar-refractivity contribution is -0.143. The Morgan fingerprint density at radius 1 is 1.33 bits per heavy atom. The van der Waals surface area contributed by atoms with Gasteiger partial charge in [-0.25, -0.2) is 4.68 Å². The van der Waals surface area contributed by atoms with Crippen LogP contribution in [0.4, 0.5) is 0 Å². The molecule has 100 valence electrons. The smallest absolute Gasteiger partial charge is 0.305 e. The molecule has 0 aliphatic rings. The first-order chi connectivity index (χ1) is 8.63. The second kappa shape index (κ2) is 7.63. The summed E-state index contributed by atoms with van der Waals surface area (Å²) in [5.41, 5.74) is 0.757. The molecule has 0 saturated heterocycles. The maximum absolute atomic E-state index is 11.5. The van der Waals surface area contributed by atoms with Crippen LogP contribution in [0.25, 0.3) is 0 Å². The van der Waals surface area contributed by atoms with Crippen molar-refractivity contribution in [3.8, 4) is 0 Å². The van der Waals surface area contributed by atoms with Crippen LogP contribution in [0.1, 0.15) is 38.3 Å². The van der Waals surface area contributed by atoms with Gasteiger partial charge < -0.3 is 4.74 Å². The number of hydrogen-bond donors (Lipinski definition) is 0. The van der Waals surface area contributed by atoms with Crippen LogP contribution in [0.5, 0.6) is 0 Å². The molecule has 0 atom stereocenters. The topological polar surface area (TPSA) is 61.2 Å². The number of esters is 1. The summed E-state index contributed by atoms with van der Waals surface area (Å²) in [5, 5.41) is 4.15. The first-order valence-corrected chi connectivity index (χ1v) is 6.34. The molecular formula is C13H20N2O3. The predicted octanol–water partition coefficient (Wildman–Crippen LogP) is 1.68. The Hall–Kier alpha value is -1.65. The summed E-state index contributed by atoms with van der Waals surface area (Å²) < 4.78 is 6.31. The Bertz CT molecular complexity index is 440. The highest BCUT2D eigenvalue weighted by Gasteiger charge is 2.02. The van der Waals surface area contributed by atoms with Crippen molar-refractivity contribution >= 4 is 5.97 Å². The van der Waals surface area contributed by atoms with Gasteiger partial charge in [-0.05, 0) is 32.8 Å². The van der Waals surface area contributed by atoms with E-state index in [1.54, 1.807) is 13.0 Å². The van der Waals surface area contributed by atoms with E-state index in [4.69, 9.17) is 4.74 Å². The van der Waals surface area contributed by atoms with Gasteiger partial charge >= 0.3 is 5.97 Å². The minimum Gasteiger partial charge on any atom is -0.466 e. The molecule has 0 saturated carbocycles. The largest absolute Gasteiger partial charge is 0.466 e. The molecule has 18 heavy (non-hydrogen) atoms. The molecule has 5 heteroatoms. The SMILES string of the molecule is CCOC(=O)CCCCCn1nc(C)ccc1=O. The number of ether oxygens (including phenoxy) is 1. The summed E-state index contributed by atoms with van der Waals surface area (Å²) in [4.78, 5) is 22.5. The molecule has 0 amide bonds. The van der Waals surface area contributed by atoms with Crippen molar-refractivity contribution < 1.29 is 9.53 Å². The molecule has 0 aliphatic carbocycles. The molecule has 0 bridgehead atoms. The zero-order valence-electron chi connectivity index (χ0n) is 11.0. The van der Waals surface area contributed by atoms with E-state index in [0.29, 0.717) is 19.6 Å². The Morgan fingerprint density at radius 3 is 2.83 bits per heavy atom. The fourth-order valence-corrected chi connectivity index (χ4v) is 1.65. The number of rotatable bonds is 7. The van der Waals surface area contributed by atoms with Crippen LogP contribution in [0.15, 0.2) is 16.9 Å². The van der Waals surface area contributed by atoms with E-state index in [1.165, 1.54) is 10.7 Å². The number of aryl methyl sites for hydroxylation is 2. The predicted molar refractivity (Wildman–Crippen MR) is 68.3 cm³/mol. The van der Waals surface area contributed by atoms with E-state index in [2.05, 4.69) is 5.10 Å². The first-order valence-electron chi connectivity index (χ1n) is 6.34. The van der Waals surface area contributed by atoms with Crippen molar-refractivity contribution in [3.05, 3.63) is 28.2 Å². The molecule has 0 fully saturated rings. The second-order valence-electron chi connectivity index (χ2n) is 4.15. The maximum Gasteiger partial charge on any atom is 0.305 e. The molecule has 0 unspecified atom stereocenters. The summed E-state index contributed by atoms with van der Waals surface area (Å²) in [7, 11) is 0. The Kier molecular flexibility index (Phi) is 6.11. The quantitative estimate of drug-likeness (QED) is 0.547. The van der Waals surface area contributed by atoms with Gasteiger partial charge in [0.25, 0.3) is 5.56 Å². The molecule has 1 heterocycles. The lowest BCUT2D eigenvalue weighted by Gasteiger charge is -2.05. The average molecular weight is 252 g/mol. The fourth-order valence-electron chi connectivity index (χ4n) is 1.65. The standard InChI is InChI=1S/C13H20N2O3/c1-3-18-13(17)7-5-4-6-10-15-12(16)9-8-11(2)14-15/h8-9H,3-7,10H2,1-2H3.